The molecule has 0 aliphatic heterocycles. The van der Waals surface area contributed by atoms with Crippen molar-refractivity contribution < 1.29 is 9.53 Å². The summed E-state index contributed by atoms with van der Waals surface area (Å²) in [7, 11) is 0. The highest BCUT2D eigenvalue weighted by Crippen LogP contribution is 2.21. The van der Waals surface area contributed by atoms with Crippen LogP contribution in [0.25, 0.3) is 5.57 Å². The molecular weight excluding hydrogens is 210 g/mol. The van der Waals surface area contributed by atoms with Crippen LogP contribution in [-0.4, -0.2) is 12.6 Å². The first-order chi connectivity index (χ1) is 7.20. The van der Waals surface area contributed by atoms with Gasteiger partial charge in [-0.2, -0.15) is 16.6 Å². The van der Waals surface area contributed by atoms with E-state index in [1.807, 2.05) is 22.9 Å². The molecule has 15 heavy (non-hydrogen) atoms. The van der Waals surface area contributed by atoms with E-state index in [1.54, 1.807) is 13.8 Å². The molecule has 0 unspecified atom stereocenters. The van der Waals surface area contributed by atoms with Gasteiger partial charge in [0.05, 0.1) is 6.61 Å². The summed E-state index contributed by atoms with van der Waals surface area (Å²) in [6, 6.07) is 3.76. The van der Waals surface area contributed by atoms with E-state index in [9.17, 15) is 4.79 Å². The minimum Gasteiger partial charge on any atom is -0.462 e. The van der Waals surface area contributed by atoms with Crippen molar-refractivity contribution in [2.75, 3.05) is 6.61 Å². The van der Waals surface area contributed by atoms with Crippen molar-refractivity contribution in [1.29, 1.82) is 5.26 Å². The highest BCUT2D eigenvalue weighted by atomic mass is 32.1. The molecule has 0 spiro atoms. The molecule has 0 atom stereocenters. The Morgan fingerprint density at radius 3 is 2.87 bits per heavy atom. The van der Waals surface area contributed by atoms with Gasteiger partial charge < -0.3 is 4.74 Å². The van der Waals surface area contributed by atoms with E-state index in [1.165, 1.54) is 11.3 Å². The molecule has 3 nitrogen and oxygen atoms in total. The zero-order valence-corrected chi connectivity index (χ0v) is 9.43. The zero-order valence-electron chi connectivity index (χ0n) is 8.61. The van der Waals surface area contributed by atoms with Gasteiger partial charge in [-0.15, -0.1) is 0 Å². The molecule has 0 aliphatic carbocycles. The number of thiophene rings is 1. The van der Waals surface area contributed by atoms with Gasteiger partial charge in [0.1, 0.15) is 11.6 Å². The van der Waals surface area contributed by atoms with Crippen LogP contribution in [0.4, 0.5) is 0 Å². The molecule has 1 rings (SSSR count). The molecule has 0 N–H and O–H groups in total. The molecule has 0 fully saturated rings. The lowest BCUT2D eigenvalue weighted by molar-refractivity contribution is -0.137. The highest BCUT2D eigenvalue weighted by molar-refractivity contribution is 7.08. The molecular formula is C11H11NO2S. The second kappa shape index (κ2) is 5.32. The topological polar surface area (TPSA) is 50.1 Å². The average molecular weight is 221 g/mol. The van der Waals surface area contributed by atoms with Gasteiger partial charge in [0.15, 0.2) is 0 Å². The smallest absolute Gasteiger partial charge is 0.349 e. The molecule has 0 aromatic carbocycles. The number of esters is 1. The molecule has 0 saturated carbocycles. The first-order valence-electron chi connectivity index (χ1n) is 4.51. The van der Waals surface area contributed by atoms with Crippen molar-refractivity contribution >= 4 is 22.9 Å². The maximum absolute atomic E-state index is 11.4. The largest absolute Gasteiger partial charge is 0.462 e. The molecule has 0 aliphatic rings. The van der Waals surface area contributed by atoms with Gasteiger partial charge in [-0.25, -0.2) is 4.79 Å². The third-order valence-corrected chi connectivity index (χ3v) is 2.60. The summed E-state index contributed by atoms with van der Waals surface area (Å²) in [5.74, 6) is -0.552. The molecule has 1 heterocycles. The third-order valence-electron chi connectivity index (χ3n) is 1.92. The average Bonchev–Trinajstić information content (AvgIpc) is 2.71. The molecule has 1 aromatic rings. The van der Waals surface area contributed by atoms with Crippen LogP contribution in [0.1, 0.15) is 19.4 Å². The van der Waals surface area contributed by atoms with E-state index in [0.29, 0.717) is 5.57 Å². The lowest BCUT2D eigenvalue weighted by Gasteiger charge is -2.03. The summed E-state index contributed by atoms with van der Waals surface area (Å²) < 4.78 is 4.80. The van der Waals surface area contributed by atoms with Crippen LogP contribution in [-0.2, 0) is 9.53 Å². The Hall–Kier alpha value is -1.60. The van der Waals surface area contributed by atoms with Gasteiger partial charge in [-0.1, -0.05) is 0 Å². The normalized spacial score (nSPS) is 11.5. The maximum atomic E-state index is 11.4. The van der Waals surface area contributed by atoms with E-state index < -0.39 is 5.97 Å². The van der Waals surface area contributed by atoms with Crippen molar-refractivity contribution in [1.82, 2.24) is 0 Å². The number of hydrogen-bond acceptors (Lipinski definition) is 4. The van der Waals surface area contributed by atoms with Crippen molar-refractivity contribution in [2.45, 2.75) is 13.8 Å². The standard InChI is InChI=1S/C11H11NO2S/c1-3-14-11(13)10(6-12)8(2)9-4-5-15-7-9/h4-5,7H,3H2,1-2H3/b10-8-. The predicted molar refractivity (Wildman–Crippen MR) is 59.2 cm³/mol. The van der Waals surface area contributed by atoms with Crippen LogP contribution in [0.15, 0.2) is 22.4 Å². The van der Waals surface area contributed by atoms with Crippen LogP contribution in [0.2, 0.25) is 0 Å². The Bertz CT molecular complexity index is 412. The van der Waals surface area contributed by atoms with Crippen LogP contribution in [0.5, 0.6) is 0 Å². The van der Waals surface area contributed by atoms with Gasteiger partial charge in [0, 0.05) is 0 Å². The third kappa shape index (κ3) is 2.67. The first-order valence-corrected chi connectivity index (χ1v) is 5.45. The summed E-state index contributed by atoms with van der Waals surface area (Å²) in [5, 5.41) is 12.7. The quantitative estimate of drug-likeness (QED) is 0.448. The predicted octanol–water partition coefficient (Wildman–Crippen LogP) is 2.61. The lowest BCUT2D eigenvalue weighted by atomic mass is 10.1. The fraction of sp³-hybridized carbons (Fsp3) is 0.273. The number of hydrogen-bond donors (Lipinski definition) is 0. The number of nitriles is 1. The number of carbonyl (C=O) groups is 1. The van der Waals surface area contributed by atoms with Crippen molar-refractivity contribution in [3.63, 3.8) is 0 Å². The number of ether oxygens (including phenoxy) is 1. The van der Waals surface area contributed by atoms with E-state index >= 15 is 0 Å². The van der Waals surface area contributed by atoms with Crippen LogP contribution in [0.3, 0.4) is 0 Å². The molecule has 4 heteroatoms. The number of allylic oxidation sites excluding steroid dienone is 1. The van der Waals surface area contributed by atoms with Gasteiger partial charge >= 0.3 is 5.97 Å². The van der Waals surface area contributed by atoms with Crippen molar-refractivity contribution in [2.24, 2.45) is 0 Å². The minimum absolute atomic E-state index is 0.0789. The van der Waals surface area contributed by atoms with Crippen molar-refractivity contribution in [3.8, 4) is 6.07 Å². The molecule has 0 saturated heterocycles. The maximum Gasteiger partial charge on any atom is 0.349 e. The van der Waals surface area contributed by atoms with Crippen LogP contribution in [0, 0.1) is 11.3 Å². The van der Waals surface area contributed by atoms with Gasteiger partial charge in [0.25, 0.3) is 0 Å². The minimum atomic E-state index is -0.552. The fourth-order valence-corrected chi connectivity index (χ4v) is 1.81. The summed E-state index contributed by atoms with van der Waals surface area (Å²) >= 11 is 1.53. The Balaban J connectivity index is 3.05. The van der Waals surface area contributed by atoms with Crippen molar-refractivity contribution in [3.05, 3.63) is 28.0 Å². The summed E-state index contributed by atoms with van der Waals surface area (Å²) in [6.07, 6.45) is 0. The second-order valence-electron chi connectivity index (χ2n) is 2.84. The van der Waals surface area contributed by atoms with E-state index in [0.717, 1.165) is 5.56 Å². The highest BCUT2D eigenvalue weighted by Gasteiger charge is 2.14. The van der Waals surface area contributed by atoms with E-state index in [4.69, 9.17) is 10.00 Å². The molecule has 78 valence electrons. The second-order valence-corrected chi connectivity index (χ2v) is 3.62. The van der Waals surface area contributed by atoms with Gasteiger partial charge in [-0.3, -0.25) is 0 Å². The molecule has 0 radical (unpaired) electrons. The lowest BCUT2D eigenvalue weighted by Crippen LogP contribution is -2.07. The Morgan fingerprint density at radius 2 is 2.40 bits per heavy atom. The van der Waals surface area contributed by atoms with Gasteiger partial charge in [0.2, 0.25) is 0 Å². The number of rotatable bonds is 3. The first kappa shape index (κ1) is 11.5. The summed E-state index contributed by atoms with van der Waals surface area (Å²) in [5.41, 5.74) is 1.64. The summed E-state index contributed by atoms with van der Waals surface area (Å²) in [4.78, 5) is 11.4. The zero-order chi connectivity index (χ0) is 11.3. The SMILES string of the molecule is CCOC(=O)/C(C#N)=C(/C)c1ccsc1. The molecule has 1 aromatic heterocycles. The Labute approximate surface area is 92.6 Å². The number of carbonyl (C=O) groups excluding carboxylic acids is 1. The van der Waals surface area contributed by atoms with E-state index in [-0.39, 0.29) is 12.2 Å². The fourth-order valence-electron chi connectivity index (χ4n) is 1.11. The van der Waals surface area contributed by atoms with Crippen LogP contribution >= 0.6 is 11.3 Å². The molecule has 0 bridgehead atoms. The summed E-state index contributed by atoms with van der Waals surface area (Å²) in [6.45, 7) is 3.74. The van der Waals surface area contributed by atoms with E-state index in [2.05, 4.69) is 0 Å². The van der Waals surface area contributed by atoms with Gasteiger partial charge in [-0.05, 0) is 41.8 Å². The number of nitrogens with zero attached hydrogens (tertiary/aromatic N) is 1. The Morgan fingerprint density at radius 1 is 1.67 bits per heavy atom. The monoisotopic (exact) mass is 221 g/mol. The molecule has 0 amide bonds. The van der Waals surface area contributed by atoms with Crippen LogP contribution < -0.4 is 0 Å². The Kier molecular flexibility index (Phi) is 4.07.